The summed E-state index contributed by atoms with van der Waals surface area (Å²) < 4.78 is 7.82. The third-order valence-electron chi connectivity index (χ3n) is 3.94. The highest BCUT2D eigenvalue weighted by Crippen LogP contribution is 2.27. The van der Waals surface area contributed by atoms with Crippen molar-refractivity contribution in [1.29, 1.82) is 0 Å². The zero-order chi connectivity index (χ0) is 15.0. The molecule has 0 spiro atoms. The molecule has 0 saturated carbocycles. The molecule has 4 nitrogen and oxygen atoms in total. The van der Waals surface area contributed by atoms with E-state index in [-0.39, 0.29) is 6.04 Å². The van der Waals surface area contributed by atoms with Crippen LogP contribution in [0.2, 0.25) is 5.15 Å². The minimum absolute atomic E-state index is 0.160. The summed E-state index contributed by atoms with van der Waals surface area (Å²) in [5.41, 5.74) is 0.924. The highest BCUT2D eigenvalue weighted by Gasteiger charge is 2.18. The third-order valence-corrected chi connectivity index (χ3v) is 4.29. The first-order chi connectivity index (χ1) is 10.1. The third kappa shape index (κ3) is 2.69. The average Bonchev–Trinajstić information content (AvgIpc) is 3.04. The van der Waals surface area contributed by atoms with Gasteiger partial charge in [0.25, 0.3) is 0 Å². The molecule has 1 unspecified atom stereocenters. The van der Waals surface area contributed by atoms with Gasteiger partial charge in [0.15, 0.2) is 0 Å². The Kier molecular flexibility index (Phi) is 3.74. The van der Waals surface area contributed by atoms with Crippen molar-refractivity contribution < 1.29 is 4.42 Å². The van der Waals surface area contributed by atoms with Crippen LogP contribution in [0.1, 0.15) is 24.6 Å². The van der Waals surface area contributed by atoms with Gasteiger partial charge < -0.3 is 8.98 Å². The van der Waals surface area contributed by atoms with Gasteiger partial charge in [-0.3, -0.25) is 4.90 Å². The van der Waals surface area contributed by atoms with Crippen molar-refractivity contribution in [3.8, 4) is 0 Å². The van der Waals surface area contributed by atoms with Gasteiger partial charge in [-0.05, 0) is 26.1 Å². The summed E-state index contributed by atoms with van der Waals surface area (Å²) in [6.07, 6.45) is 1.68. The van der Waals surface area contributed by atoms with Gasteiger partial charge in [-0.25, -0.2) is 4.98 Å². The Bertz CT molecular complexity index is 729. The van der Waals surface area contributed by atoms with Gasteiger partial charge in [-0.1, -0.05) is 29.8 Å². The monoisotopic (exact) mass is 303 g/mol. The van der Waals surface area contributed by atoms with E-state index in [0.29, 0.717) is 11.7 Å². The van der Waals surface area contributed by atoms with E-state index in [0.717, 1.165) is 22.6 Å². The first-order valence-corrected chi connectivity index (χ1v) is 7.29. The molecule has 0 aliphatic carbocycles. The quantitative estimate of drug-likeness (QED) is 0.730. The molecule has 0 aliphatic rings. The van der Waals surface area contributed by atoms with Gasteiger partial charge >= 0.3 is 0 Å². The number of para-hydroxylation sites is 1. The Balaban J connectivity index is 1.80. The van der Waals surface area contributed by atoms with Crippen LogP contribution in [0.25, 0.3) is 11.0 Å². The SMILES string of the molecule is CC(c1cc2ccccc2o1)N(C)Cc1ncc(Cl)n1C. The fourth-order valence-corrected chi connectivity index (χ4v) is 2.50. The zero-order valence-corrected chi connectivity index (χ0v) is 13.1. The number of halogens is 1. The van der Waals surface area contributed by atoms with E-state index < -0.39 is 0 Å². The summed E-state index contributed by atoms with van der Waals surface area (Å²) >= 11 is 6.03. The molecule has 3 rings (SSSR count). The summed E-state index contributed by atoms with van der Waals surface area (Å²) in [6.45, 7) is 2.84. The maximum atomic E-state index is 6.03. The maximum Gasteiger partial charge on any atom is 0.134 e. The van der Waals surface area contributed by atoms with Crippen molar-refractivity contribution in [3.63, 3.8) is 0 Å². The highest BCUT2D eigenvalue weighted by molar-refractivity contribution is 6.29. The van der Waals surface area contributed by atoms with Crippen molar-refractivity contribution in [2.45, 2.75) is 19.5 Å². The number of benzene rings is 1. The average molecular weight is 304 g/mol. The summed E-state index contributed by atoms with van der Waals surface area (Å²) in [4.78, 5) is 6.52. The molecule has 0 amide bonds. The van der Waals surface area contributed by atoms with Crippen molar-refractivity contribution in [2.75, 3.05) is 7.05 Å². The van der Waals surface area contributed by atoms with E-state index in [1.54, 1.807) is 6.20 Å². The summed E-state index contributed by atoms with van der Waals surface area (Å²) in [5.74, 6) is 1.89. The normalized spacial score (nSPS) is 13.2. The minimum Gasteiger partial charge on any atom is -0.459 e. The fourth-order valence-electron chi connectivity index (χ4n) is 2.36. The minimum atomic E-state index is 0.160. The molecule has 1 atom stereocenters. The van der Waals surface area contributed by atoms with Gasteiger partial charge in [-0.15, -0.1) is 0 Å². The molecule has 110 valence electrons. The van der Waals surface area contributed by atoms with E-state index in [1.165, 1.54) is 0 Å². The second kappa shape index (κ2) is 5.54. The van der Waals surface area contributed by atoms with Crippen LogP contribution in [-0.4, -0.2) is 21.5 Å². The molecule has 2 aromatic heterocycles. The Morgan fingerprint density at radius 2 is 2.14 bits per heavy atom. The lowest BCUT2D eigenvalue weighted by molar-refractivity contribution is 0.219. The van der Waals surface area contributed by atoms with E-state index in [1.807, 2.05) is 29.8 Å². The molecular weight excluding hydrogens is 286 g/mol. The molecular formula is C16H18ClN3O. The second-order valence-electron chi connectivity index (χ2n) is 5.33. The Labute approximate surface area is 128 Å². The van der Waals surface area contributed by atoms with Crippen LogP contribution < -0.4 is 0 Å². The van der Waals surface area contributed by atoms with Gasteiger partial charge in [0.2, 0.25) is 0 Å². The number of hydrogen-bond acceptors (Lipinski definition) is 3. The Hall–Kier alpha value is -1.78. The van der Waals surface area contributed by atoms with Gasteiger partial charge in [0, 0.05) is 12.4 Å². The number of furan rings is 1. The number of fused-ring (bicyclic) bond motifs is 1. The van der Waals surface area contributed by atoms with Crippen molar-refractivity contribution in [3.05, 3.63) is 53.3 Å². The number of aromatic nitrogens is 2. The Morgan fingerprint density at radius 1 is 1.38 bits per heavy atom. The lowest BCUT2D eigenvalue weighted by Crippen LogP contribution is -2.23. The van der Waals surface area contributed by atoms with E-state index in [9.17, 15) is 0 Å². The van der Waals surface area contributed by atoms with Crippen molar-refractivity contribution in [1.82, 2.24) is 14.5 Å². The first-order valence-electron chi connectivity index (χ1n) is 6.91. The molecule has 1 aromatic carbocycles. The first kappa shape index (κ1) is 14.2. The maximum absolute atomic E-state index is 6.03. The molecule has 0 fully saturated rings. The van der Waals surface area contributed by atoms with Crippen LogP contribution in [0.15, 0.2) is 40.9 Å². The van der Waals surface area contributed by atoms with Crippen molar-refractivity contribution >= 4 is 22.6 Å². The topological polar surface area (TPSA) is 34.2 Å². The lowest BCUT2D eigenvalue weighted by atomic mass is 10.2. The van der Waals surface area contributed by atoms with Gasteiger partial charge in [-0.2, -0.15) is 0 Å². The van der Waals surface area contributed by atoms with Crippen LogP contribution in [-0.2, 0) is 13.6 Å². The summed E-state index contributed by atoms with van der Waals surface area (Å²) in [6, 6.07) is 10.3. The predicted octanol–water partition coefficient (Wildman–Crippen LogP) is 4.01. The van der Waals surface area contributed by atoms with Crippen LogP contribution >= 0.6 is 11.6 Å². The van der Waals surface area contributed by atoms with Crippen LogP contribution in [0.4, 0.5) is 0 Å². The van der Waals surface area contributed by atoms with E-state index >= 15 is 0 Å². The molecule has 3 aromatic rings. The molecule has 2 heterocycles. The van der Waals surface area contributed by atoms with E-state index in [2.05, 4.69) is 36.0 Å². The smallest absolute Gasteiger partial charge is 0.134 e. The van der Waals surface area contributed by atoms with Gasteiger partial charge in [0.05, 0.1) is 18.8 Å². The zero-order valence-electron chi connectivity index (χ0n) is 12.4. The molecule has 0 aliphatic heterocycles. The van der Waals surface area contributed by atoms with E-state index in [4.69, 9.17) is 16.0 Å². The standard InChI is InChI=1S/C16H18ClN3O/c1-11(14-8-12-6-4-5-7-13(12)21-14)19(2)10-16-18-9-15(17)20(16)3/h4-9,11H,10H2,1-3H3. The van der Waals surface area contributed by atoms with Crippen LogP contribution in [0.3, 0.4) is 0 Å². The number of rotatable bonds is 4. The number of imidazole rings is 1. The Morgan fingerprint density at radius 3 is 2.81 bits per heavy atom. The van der Waals surface area contributed by atoms with Gasteiger partial charge in [0.1, 0.15) is 22.3 Å². The fraction of sp³-hybridized carbons (Fsp3) is 0.312. The molecule has 5 heteroatoms. The molecule has 21 heavy (non-hydrogen) atoms. The second-order valence-corrected chi connectivity index (χ2v) is 5.72. The predicted molar refractivity (Wildman–Crippen MR) is 84.3 cm³/mol. The number of nitrogens with zero attached hydrogens (tertiary/aromatic N) is 3. The van der Waals surface area contributed by atoms with Crippen LogP contribution in [0, 0.1) is 0 Å². The summed E-state index contributed by atoms with van der Waals surface area (Å²) in [5, 5.41) is 1.78. The highest BCUT2D eigenvalue weighted by atomic mass is 35.5. The lowest BCUT2D eigenvalue weighted by Gasteiger charge is -2.22. The molecule has 0 saturated heterocycles. The number of hydrogen-bond donors (Lipinski definition) is 0. The molecule has 0 radical (unpaired) electrons. The molecule has 0 N–H and O–H groups in total. The largest absolute Gasteiger partial charge is 0.459 e. The van der Waals surface area contributed by atoms with Crippen LogP contribution in [0.5, 0.6) is 0 Å². The molecule has 0 bridgehead atoms. The summed E-state index contributed by atoms with van der Waals surface area (Å²) in [7, 11) is 3.98. The van der Waals surface area contributed by atoms with Crippen molar-refractivity contribution in [2.24, 2.45) is 7.05 Å².